The molecule has 7 heteroatoms. The Morgan fingerprint density at radius 1 is 1.29 bits per heavy atom. The highest BCUT2D eigenvalue weighted by molar-refractivity contribution is 5.74. The summed E-state index contributed by atoms with van der Waals surface area (Å²) in [6, 6.07) is 7.41. The van der Waals surface area contributed by atoms with Gasteiger partial charge in [-0.05, 0) is 12.1 Å². The van der Waals surface area contributed by atoms with Crippen molar-refractivity contribution < 1.29 is 9.53 Å². The highest BCUT2D eigenvalue weighted by Crippen LogP contribution is 2.08. The normalized spacial score (nSPS) is 10.1. The number of benzene rings is 1. The number of anilines is 1. The lowest BCUT2D eigenvalue weighted by molar-refractivity contribution is 0.161. The molecular formula is C10H11N5O2. The van der Waals surface area contributed by atoms with E-state index >= 15 is 0 Å². The Morgan fingerprint density at radius 3 is 2.82 bits per heavy atom. The SMILES string of the molecule is NC(=O)OCCNc1nnc2ccccc2n1. The number of hydrogen-bond donors (Lipinski definition) is 2. The lowest BCUT2D eigenvalue weighted by atomic mass is 10.3. The molecule has 0 unspecified atom stereocenters. The van der Waals surface area contributed by atoms with Crippen molar-refractivity contribution in [3.8, 4) is 0 Å². The number of nitrogens with one attached hydrogen (secondary N) is 1. The Balaban J connectivity index is 1.97. The fourth-order valence-corrected chi connectivity index (χ4v) is 1.27. The zero-order valence-electron chi connectivity index (χ0n) is 8.96. The number of nitrogens with two attached hydrogens (primary N) is 1. The van der Waals surface area contributed by atoms with Gasteiger partial charge in [0.2, 0.25) is 5.95 Å². The van der Waals surface area contributed by atoms with Gasteiger partial charge >= 0.3 is 6.09 Å². The van der Waals surface area contributed by atoms with Crippen LogP contribution in [0.3, 0.4) is 0 Å². The topological polar surface area (TPSA) is 103 Å². The van der Waals surface area contributed by atoms with Crippen molar-refractivity contribution in [1.82, 2.24) is 15.2 Å². The monoisotopic (exact) mass is 233 g/mol. The molecule has 1 aromatic carbocycles. The lowest BCUT2D eigenvalue weighted by Crippen LogP contribution is -2.19. The van der Waals surface area contributed by atoms with Gasteiger partial charge in [-0.15, -0.1) is 10.2 Å². The fraction of sp³-hybridized carbons (Fsp3) is 0.200. The molecule has 1 heterocycles. The van der Waals surface area contributed by atoms with Crippen LogP contribution in [0.2, 0.25) is 0 Å². The predicted molar refractivity (Wildman–Crippen MR) is 61.4 cm³/mol. The van der Waals surface area contributed by atoms with Crippen LogP contribution in [0.15, 0.2) is 24.3 Å². The van der Waals surface area contributed by atoms with Gasteiger partial charge in [0.15, 0.2) is 0 Å². The third-order valence-electron chi connectivity index (χ3n) is 1.99. The van der Waals surface area contributed by atoms with E-state index in [1.165, 1.54) is 0 Å². The summed E-state index contributed by atoms with van der Waals surface area (Å²) in [7, 11) is 0. The predicted octanol–water partition coefficient (Wildman–Crippen LogP) is 0.532. The van der Waals surface area contributed by atoms with Crippen LogP contribution in [0.4, 0.5) is 10.7 Å². The minimum Gasteiger partial charge on any atom is -0.448 e. The van der Waals surface area contributed by atoms with Crippen molar-refractivity contribution >= 4 is 23.1 Å². The summed E-state index contributed by atoms with van der Waals surface area (Å²) in [4.78, 5) is 14.5. The van der Waals surface area contributed by atoms with Crippen LogP contribution < -0.4 is 11.1 Å². The Labute approximate surface area is 97.0 Å². The van der Waals surface area contributed by atoms with Crippen LogP contribution in [-0.4, -0.2) is 34.4 Å². The van der Waals surface area contributed by atoms with E-state index in [0.29, 0.717) is 12.5 Å². The minimum absolute atomic E-state index is 0.158. The van der Waals surface area contributed by atoms with Gasteiger partial charge < -0.3 is 15.8 Å². The van der Waals surface area contributed by atoms with Crippen molar-refractivity contribution in [2.75, 3.05) is 18.5 Å². The first-order valence-corrected chi connectivity index (χ1v) is 5.01. The highest BCUT2D eigenvalue weighted by Gasteiger charge is 2.00. The summed E-state index contributed by atoms with van der Waals surface area (Å²) < 4.78 is 4.55. The number of fused-ring (bicyclic) bond motifs is 1. The number of primary amides is 1. The van der Waals surface area contributed by atoms with Crippen molar-refractivity contribution in [2.45, 2.75) is 0 Å². The third kappa shape index (κ3) is 3.00. The zero-order valence-corrected chi connectivity index (χ0v) is 8.96. The first-order valence-electron chi connectivity index (χ1n) is 5.01. The van der Waals surface area contributed by atoms with E-state index in [9.17, 15) is 4.79 Å². The second kappa shape index (κ2) is 5.06. The van der Waals surface area contributed by atoms with Gasteiger partial charge in [-0.3, -0.25) is 0 Å². The molecule has 0 saturated heterocycles. The molecule has 7 nitrogen and oxygen atoms in total. The van der Waals surface area contributed by atoms with Gasteiger partial charge in [-0.25, -0.2) is 9.78 Å². The van der Waals surface area contributed by atoms with Gasteiger partial charge in [0.05, 0.1) is 12.1 Å². The van der Waals surface area contributed by atoms with Crippen LogP contribution in [0.5, 0.6) is 0 Å². The summed E-state index contributed by atoms with van der Waals surface area (Å²) >= 11 is 0. The maximum Gasteiger partial charge on any atom is 0.404 e. The van der Waals surface area contributed by atoms with Gasteiger partial charge in [0.1, 0.15) is 12.1 Å². The molecule has 0 aliphatic rings. The van der Waals surface area contributed by atoms with Crippen LogP contribution in [-0.2, 0) is 4.74 Å². The number of para-hydroxylation sites is 1. The van der Waals surface area contributed by atoms with E-state index in [-0.39, 0.29) is 6.61 Å². The Morgan fingerprint density at radius 2 is 2.06 bits per heavy atom. The molecule has 0 radical (unpaired) electrons. The van der Waals surface area contributed by atoms with Crippen molar-refractivity contribution in [3.05, 3.63) is 24.3 Å². The molecule has 2 aromatic rings. The smallest absolute Gasteiger partial charge is 0.404 e. The number of carbonyl (C=O) groups is 1. The largest absolute Gasteiger partial charge is 0.448 e. The van der Waals surface area contributed by atoms with Gasteiger partial charge in [-0.2, -0.15) is 0 Å². The molecular weight excluding hydrogens is 222 g/mol. The molecule has 0 bridgehead atoms. The summed E-state index contributed by atoms with van der Waals surface area (Å²) in [6.07, 6.45) is -0.802. The Kier molecular flexibility index (Phi) is 3.29. The van der Waals surface area contributed by atoms with Crippen molar-refractivity contribution in [2.24, 2.45) is 5.73 Å². The van der Waals surface area contributed by atoms with Crippen LogP contribution in [0, 0.1) is 0 Å². The molecule has 0 fully saturated rings. The number of aromatic nitrogens is 3. The molecule has 88 valence electrons. The Hall–Kier alpha value is -2.44. The third-order valence-corrected chi connectivity index (χ3v) is 1.99. The molecule has 1 aromatic heterocycles. The zero-order chi connectivity index (χ0) is 12.1. The highest BCUT2D eigenvalue weighted by atomic mass is 16.5. The van der Waals surface area contributed by atoms with E-state index in [2.05, 4.69) is 25.2 Å². The lowest BCUT2D eigenvalue weighted by Gasteiger charge is -2.04. The molecule has 2 rings (SSSR count). The molecule has 1 amide bonds. The Bertz CT molecular complexity index is 531. The summed E-state index contributed by atoms with van der Waals surface area (Å²) in [6.45, 7) is 0.536. The summed E-state index contributed by atoms with van der Waals surface area (Å²) in [5.74, 6) is 0.386. The molecule has 0 aliphatic heterocycles. The van der Waals surface area contributed by atoms with Gasteiger partial charge in [0.25, 0.3) is 0 Å². The van der Waals surface area contributed by atoms with Gasteiger partial charge in [-0.1, -0.05) is 12.1 Å². The first-order chi connectivity index (χ1) is 8.25. The quantitative estimate of drug-likeness (QED) is 0.747. The maximum atomic E-state index is 10.3. The standard InChI is InChI=1S/C10H11N5O2/c11-9(16)17-6-5-12-10-13-7-3-1-2-4-8(7)14-15-10/h1-4H,5-6H2,(H2,11,16)(H,12,13,15). The number of ether oxygens (including phenoxy) is 1. The fourth-order valence-electron chi connectivity index (χ4n) is 1.27. The summed E-state index contributed by atoms with van der Waals surface area (Å²) in [5, 5.41) is 10.7. The second-order valence-corrected chi connectivity index (χ2v) is 3.22. The minimum atomic E-state index is -0.802. The van der Waals surface area contributed by atoms with E-state index in [0.717, 1.165) is 11.0 Å². The first kappa shape index (κ1) is 11.1. The molecule has 0 aliphatic carbocycles. The van der Waals surface area contributed by atoms with E-state index in [1.54, 1.807) is 0 Å². The number of nitrogens with zero attached hydrogens (tertiary/aromatic N) is 3. The van der Waals surface area contributed by atoms with Crippen LogP contribution in [0.25, 0.3) is 11.0 Å². The molecule has 0 spiro atoms. The maximum absolute atomic E-state index is 10.3. The average Bonchev–Trinajstić information content (AvgIpc) is 2.34. The average molecular weight is 233 g/mol. The number of carbonyl (C=O) groups excluding carboxylic acids is 1. The van der Waals surface area contributed by atoms with E-state index in [1.807, 2.05) is 24.3 Å². The summed E-state index contributed by atoms with van der Waals surface area (Å²) in [5.41, 5.74) is 6.29. The molecule has 3 N–H and O–H groups in total. The number of amides is 1. The van der Waals surface area contributed by atoms with Crippen molar-refractivity contribution in [3.63, 3.8) is 0 Å². The van der Waals surface area contributed by atoms with E-state index in [4.69, 9.17) is 5.73 Å². The molecule has 0 atom stereocenters. The second-order valence-electron chi connectivity index (χ2n) is 3.22. The molecule has 0 saturated carbocycles. The number of rotatable bonds is 4. The van der Waals surface area contributed by atoms with Crippen LogP contribution >= 0.6 is 0 Å². The van der Waals surface area contributed by atoms with E-state index < -0.39 is 6.09 Å². The molecule has 17 heavy (non-hydrogen) atoms. The van der Waals surface area contributed by atoms with Crippen LogP contribution in [0.1, 0.15) is 0 Å². The number of hydrogen-bond acceptors (Lipinski definition) is 6. The van der Waals surface area contributed by atoms with Crippen molar-refractivity contribution in [1.29, 1.82) is 0 Å². The van der Waals surface area contributed by atoms with Gasteiger partial charge in [0, 0.05) is 0 Å².